The Hall–Kier alpha value is -2.07. The molecule has 2 aromatic rings. The highest BCUT2D eigenvalue weighted by Gasteiger charge is 2.17. The van der Waals surface area contributed by atoms with Gasteiger partial charge in [-0.1, -0.05) is 18.2 Å². The molecule has 0 fully saturated rings. The van der Waals surface area contributed by atoms with E-state index in [1.54, 1.807) is 33.4 Å². The van der Waals surface area contributed by atoms with E-state index >= 15 is 0 Å². The van der Waals surface area contributed by atoms with Gasteiger partial charge in [0.25, 0.3) is 0 Å². The number of nitrogens with zero attached hydrogens (tertiary/aromatic N) is 2. The van der Waals surface area contributed by atoms with Crippen LogP contribution in [0.15, 0.2) is 47.5 Å². The smallest absolute Gasteiger partial charge is 0.191 e. The standard InChI is InChI=1S/C22H31FN4O2.HI/c1-24-22(25-13-12-16-6-9-18(23)10-7-16)26-15-19(27(2)3)17-8-11-20(28-4)21(14-17)29-5;/h6-11,14,19H,12-13,15H2,1-5H3,(H2,24,25,26);1H. The van der Waals surface area contributed by atoms with Crippen molar-refractivity contribution in [2.24, 2.45) is 4.99 Å². The minimum atomic E-state index is -0.218. The number of hydrogen-bond donors (Lipinski definition) is 2. The van der Waals surface area contributed by atoms with Gasteiger partial charge < -0.3 is 25.0 Å². The minimum Gasteiger partial charge on any atom is -0.493 e. The maximum Gasteiger partial charge on any atom is 0.191 e. The highest BCUT2D eigenvalue weighted by Crippen LogP contribution is 2.31. The summed E-state index contributed by atoms with van der Waals surface area (Å²) in [6.07, 6.45) is 0.785. The quantitative estimate of drug-likeness (QED) is 0.296. The van der Waals surface area contributed by atoms with Crippen molar-refractivity contribution >= 4 is 29.9 Å². The molecule has 1 atom stereocenters. The number of benzene rings is 2. The normalized spacial score (nSPS) is 12.2. The molecule has 30 heavy (non-hydrogen) atoms. The van der Waals surface area contributed by atoms with Gasteiger partial charge in [0.05, 0.1) is 20.3 Å². The van der Waals surface area contributed by atoms with Crippen LogP contribution in [0.4, 0.5) is 4.39 Å². The topological polar surface area (TPSA) is 58.1 Å². The molecule has 0 aliphatic carbocycles. The summed E-state index contributed by atoms with van der Waals surface area (Å²) < 4.78 is 23.8. The predicted molar refractivity (Wildman–Crippen MR) is 131 cm³/mol. The lowest BCUT2D eigenvalue weighted by Gasteiger charge is -2.26. The zero-order chi connectivity index (χ0) is 21.2. The molecule has 0 bridgehead atoms. The van der Waals surface area contributed by atoms with Crippen LogP contribution >= 0.6 is 24.0 Å². The maximum atomic E-state index is 13.0. The summed E-state index contributed by atoms with van der Waals surface area (Å²) in [5, 5.41) is 6.68. The first kappa shape index (κ1) is 26.0. The van der Waals surface area contributed by atoms with E-state index in [-0.39, 0.29) is 35.8 Å². The van der Waals surface area contributed by atoms with E-state index in [9.17, 15) is 4.39 Å². The Bertz CT molecular complexity index is 800. The Balaban J connectivity index is 0.00000450. The Morgan fingerprint density at radius 2 is 1.70 bits per heavy atom. The average molecular weight is 530 g/mol. The van der Waals surface area contributed by atoms with E-state index in [2.05, 4.69) is 20.5 Å². The highest BCUT2D eigenvalue weighted by molar-refractivity contribution is 14.0. The average Bonchev–Trinajstić information content (AvgIpc) is 2.73. The van der Waals surface area contributed by atoms with E-state index in [0.29, 0.717) is 24.6 Å². The molecular formula is C22H32FIN4O2. The van der Waals surface area contributed by atoms with E-state index < -0.39 is 0 Å². The molecule has 0 spiro atoms. The van der Waals surface area contributed by atoms with Crippen LogP contribution in [-0.2, 0) is 6.42 Å². The van der Waals surface area contributed by atoms with Crippen LogP contribution in [0.2, 0.25) is 0 Å². The molecule has 2 aromatic carbocycles. The number of methoxy groups -OCH3 is 2. The summed E-state index contributed by atoms with van der Waals surface area (Å²) in [5.41, 5.74) is 2.19. The van der Waals surface area contributed by atoms with Gasteiger partial charge in [0.2, 0.25) is 0 Å². The summed E-state index contributed by atoms with van der Waals surface area (Å²) in [4.78, 5) is 6.43. The summed E-state index contributed by atoms with van der Waals surface area (Å²) in [6, 6.07) is 12.6. The second-order valence-corrected chi connectivity index (χ2v) is 6.85. The lowest BCUT2D eigenvalue weighted by Crippen LogP contribution is -2.42. The van der Waals surface area contributed by atoms with Crippen molar-refractivity contribution in [3.05, 3.63) is 59.4 Å². The lowest BCUT2D eigenvalue weighted by molar-refractivity contribution is 0.295. The maximum absolute atomic E-state index is 13.0. The number of rotatable bonds is 9. The van der Waals surface area contributed by atoms with Crippen molar-refractivity contribution in [2.45, 2.75) is 12.5 Å². The number of aliphatic imine (C=N–C) groups is 1. The van der Waals surface area contributed by atoms with E-state index in [1.165, 1.54) is 12.1 Å². The first-order valence-electron chi connectivity index (χ1n) is 9.55. The molecule has 2 rings (SSSR count). The molecule has 0 heterocycles. The van der Waals surface area contributed by atoms with E-state index in [1.807, 2.05) is 32.3 Å². The van der Waals surface area contributed by atoms with Crippen LogP contribution in [0.5, 0.6) is 11.5 Å². The fourth-order valence-electron chi connectivity index (χ4n) is 3.05. The number of likely N-dealkylation sites (N-methyl/N-ethyl adjacent to an activating group) is 1. The molecule has 0 aliphatic heterocycles. The third kappa shape index (κ3) is 7.64. The van der Waals surface area contributed by atoms with Crippen LogP contribution in [0.3, 0.4) is 0 Å². The molecule has 2 N–H and O–H groups in total. The molecular weight excluding hydrogens is 498 g/mol. The summed E-state index contributed by atoms with van der Waals surface area (Å²) in [6.45, 7) is 1.37. The molecule has 0 amide bonds. The number of hydrogen-bond acceptors (Lipinski definition) is 4. The van der Waals surface area contributed by atoms with Gasteiger partial charge in [-0.25, -0.2) is 4.39 Å². The molecule has 166 valence electrons. The molecule has 8 heteroatoms. The SMILES string of the molecule is CN=C(NCCc1ccc(F)cc1)NCC(c1ccc(OC)c(OC)c1)N(C)C.I. The predicted octanol–water partition coefficient (Wildman–Crippen LogP) is 3.47. The Morgan fingerprint density at radius 1 is 1.03 bits per heavy atom. The number of guanidine groups is 1. The van der Waals surface area contributed by atoms with E-state index in [0.717, 1.165) is 23.5 Å². The number of halogens is 2. The van der Waals surface area contributed by atoms with Crippen molar-refractivity contribution in [3.8, 4) is 11.5 Å². The molecule has 0 radical (unpaired) electrons. The Morgan fingerprint density at radius 3 is 2.27 bits per heavy atom. The van der Waals surface area contributed by atoms with Gasteiger partial charge in [0.15, 0.2) is 17.5 Å². The minimum absolute atomic E-state index is 0. The zero-order valence-corrected chi connectivity index (χ0v) is 20.6. The van der Waals surface area contributed by atoms with Gasteiger partial charge in [0.1, 0.15) is 5.82 Å². The van der Waals surface area contributed by atoms with Crippen LogP contribution in [0.25, 0.3) is 0 Å². The van der Waals surface area contributed by atoms with Gasteiger partial charge in [-0.3, -0.25) is 4.99 Å². The van der Waals surface area contributed by atoms with Gasteiger partial charge in [-0.15, -0.1) is 24.0 Å². The fourth-order valence-corrected chi connectivity index (χ4v) is 3.05. The summed E-state index contributed by atoms with van der Waals surface area (Å²) in [5.74, 6) is 1.92. The third-order valence-electron chi connectivity index (χ3n) is 4.72. The van der Waals surface area contributed by atoms with Gasteiger partial charge in [0, 0.05) is 20.1 Å². The second kappa shape index (κ2) is 13.3. The first-order valence-corrected chi connectivity index (χ1v) is 9.55. The van der Waals surface area contributed by atoms with E-state index in [4.69, 9.17) is 9.47 Å². The Labute approximate surface area is 195 Å². The van der Waals surface area contributed by atoms with Crippen LogP contribution < -0.4 is 20.1 Å². The lowest BCUT2D eigenvalue weighted by atomic mass is 10.1. The third-order valence-corrected chi connectivity index (χ3v) is 4.72. The van der Waals surface area contributed by atoms with Crippen molar-refractivity contribution in [2.75, 3.05) is 48.5 Å². The van der Waals surface area contributed by atoms with Crippen LogP contribution in [0, 0.1) is 5.82 Å². The molecule has 0 aromatic heterocycles. The molecule has 0 aliphatic rings. The summed E-state index contributed by atoms with van der Waals surface area (Å²) in [7, 11) is 9.08. The second-order valence-electron chi connectivity index (χ2n) is 6.85. The number of ether oxygens (including phenoxy) is 2. The Kier molecular flexibility index (Phi) is 11.5. The summed E-state index contributed by atoms with van der Waals surface area (Å²) >= 11 is 0. The van der Waals surface area contributed by atoms with Gasteiger partial charge in [-0.2, -0.15) is 0 Å². The molecule has 1 unspecified atom stereocenters. The fraction of sp³-hybridized carbons (Fsp3) is 0.409. The first-order chi connectivity index (χ1) is 14.0. The highest BCUT2D eigenvalue weighted by atomic mass is 127. The van der Waals surface area contributed by atoms with Crippen LogP contribution in [0.1, 0.15) is 17.2 Å². The largest absolute Gasteiger partial charge is 0.493 e. The van der Waals surface area contributed by atoms with Crippen molar-refractivity contribution in [1.82, 2.24) is 15.5 Å². The van der Waals surface area contributed by atoms with Gasteiger partial charge >= 0.3 is 0 Å². The molecule has 6 nitrogen and oxygen atoms in total. The molecule has 0 saturated carbocycles. The van der Waals surface area contributed by atoms with Crippen molar-refractivity contribution in [3.63, 3.8) is 0 Å². The zero-order valence-electron chi connectivity index (χ0n) is 18.2. The van der Waals surface area contributed by atoms with Crippen molar-refractivity contribution in [1.29, 1.82) is 0 Å². The monoisotopic (exact) mass is 530 g/mol. The van der Waals surface area contributed by atoms with Crippen LogP contribution in [-0.4, -0.2) is 59.3 Å². The number of nitrogens with one attached hydrogen (secondary N) is 2. The van der Waals surface area contributed by atoms with Crippen molar-refractivity contribution < 1.29 is 13.9 Å². The molecule has 0 saturated heterocycles. The van der Waals surface area contributed by atoms with Gasteiger partial charge in [-0.05, 0) is 55.9 Å².